The minimum Gasteiger partial charge on any atom is -0.460 e. The zero-order valence-electron chi connectivity index (χ0n) is 45.6. The lowest BCUT2D eigenvalue weighted by Gasteiger charge is -2.42. The predicted molar refractivity (Wildman–Crippen MR) is 273 cm³/mol. The number of aliphatic hydroxyl groups excluding tert-OH is 4. The van der Waals surface area contributed by atoms with E-state index in [9.17, 15) is 54.3 Å². The van der Waals surface area contributed by atoms with Crippen molar-refractivity contribution in [2.75, 3.05) is 41.1 Å². The van der Waals surface area contributed by atoms with E-state index in [0.717, 1.165) is 10.5 Å². The summed E-state index contributed by atoms with van der Waals surface area (Å²) < 4.78 is 35.3. The van der Waals surface area contributed by atoms with Crippen LogP contribution in [-0.2, 0) is 57.2 Å². The van der Waals surface area contributed by atoms with E-state index in [4.69, 9.17) is 28.4 Å². The maximum absolute atomic E-state index is 14.5. The van der Waals surface area contributed by atoms with Gasteiger partial charge in [0.1, 0.15) is 41.7 Å². The van der Waals surface area contributed by atoms with E-state index in [1.54, 1.807) is 58.9 Å². The Bertz CT molecular complexity index is 2050. The van der Waals surface area contributed by atoms with Crippen LogP contribution in [0.25, 0.3) is 0 Å². The number of piperidine rings is 1. The number of aliphatic hydroxyl groups is 5. The van der Waals surface area contributed by atoms with Crippen LogP contribution < -0.4 is 0 Å². The normalized spacial score (nSPS) is 38.1. The molecule has 0 aromatic carbocycles. The highest BCUT2D eigenvalue weighted by Gasteiger charge is 2.53. The van der Waals surface area contributed by atoms with Crippen LogP contribution >= 0.6 is 0 Å². The van der Waals surface area contributed by atoms with Crippen LogP contribution in [0.1, 0.15) is 126 Å². The van der Waals surface area contributed by atoms with Gasteiger partial charge in [0.05, 0.1) is 37.6 Å². The molecule has 2 bridgehead atoms. The Morgan fingerprint density at radius 3 is 2.19 bits per heavy atom. The SMILES string of the molecule is CO[C@H]1CC2CC[C@@H](C)[C@@](O)(O2)C(=O)C(=O)N2CCCC[C@H]2C(=O)O[C@H]([C@H](C)C[C@@H]2CC[C@@H](OC(=O)C(C)(CO)CO)[C@H](OC)C2)CC(=O)[C@H](C)/C=C(\C)[C@@H](O)[C@@H](OC)C(=O)[C@H](C)C(O)[C@H](C)/C=C/C=C/C=C/1C. The second kappa shape index (κ2) is 28.4. The summed E-state index contributed by atoms with van der Waals surface area (Å²) in [7, 11) is 4.32. The summed E-state index contributed by atoms with van der Waals surface area (Å²) in [6, 6.07) is -1.22. The van der Waals surface area contributed by atoms with Gasteiger partial charge in [-0.1, -0.05) is 71.1 Å². The molecule has 3 fully saturated rings. The highest BCUT2D eigenvalue weighted by molar-refractivity contribution is 6.39. The van der Waals surface area contributed by atoms with Crippen molar-refractivity contribution in [3.05, 3.63) is 47.6 Å². The second-order valence-corrected chi connectivity index (χ2v) is 21.9. The van der Waals surface area contributed by atoms with Gasteiger partial charge in [0.2, 0.25) is 5.79 Å². The van der Waals surface area contributed by atoms with Crippen LogP contribution in [0.15, 0.2) is 47.6 Å². The average Bonchev–Trinajstić information content (AvgIpc) is 3.39. The number of Topliss-reactive ketones (excluding diaryl/α,β-unsaturated/α-hetero) is 3. The molecule has 1 aliphatic carbocycles. The molecule has 18 heteroatoms. The third-order valence-corrected chi connectivity index (χ3v) is 16.2. The molecule has 2 saturated heterocycles. The quantitative estimate of drug-likeness (QED) is 0.113. The molecule has 0 aromatic rings. The molecule has 1 amide bonds. The number of ether oxygens (including phenoxy) is 6. The van der Waals surface area contributed by atoms with Crippen LogP contribution in [0, 0.1) is 40.9 Å². The number of cyclic esters (lactones) is 1. The summed E-state index contributed by atoms with van der Waals surface area (Å²) in [4.78, 5) is 85.5. The lowest BCUT2D eigenvalue weighted by Crippen LogP contribution is -2.61. The van der Waals surface area contributed by atoms with E-state index < -0.39 is 138 Å². The van der Waals surface area contributed by atoms with E-state index in [2.05, 4.69) is 0 Å². The summed E-state index contributed by atoms with van der Waals surface area (Å²) in [6.07, 6.45) is 6.79. The van der Waals surface area contributed by atoms with Gasteiger partial charge in [0.25, 0.3) is 11.7 Å². The molecule has 4 rings (SSSR count). The number of hydrogen-bond acceptors (Lipinski definition) is 17. The van der Waals surface area contributed by atoms with E-state index in [-0.39, 0.29) is 43.1 Å². The van der Waals surface area contributed by atoms with Crippen molar-refractivity contribution in [1.82, 2.24) is 4.90 Å². The third kappa shape index (κ3) is 15.6. The van der Waals surface area contributed by atoms with Crippen LogP contribution in [0.3, 0.4) is 0 Å². The molecule has 3 heterocycles. The highest BCUT2D eigenvalue weighted by atomic mass is 16.6. The summed E-state index contributed by atoms with van der Waals surface area (Å²) in [5, 5.41) is 54.4. The summed E-state index contributed by atoms with van der Waals surface area (Å²) >= 11 is 0. The lowest BCUT2D eigenvalue weighted by atomic mass is 9.78. The van der Waals surface area contributed by atoms with Crippen molar-refractivity contribution in [1.29, 1.82) is 0 Å². The first-order chi connectivity index (χ1) is 34.9. The smallest absolute Gasteiger partial charge is 0.329 e. The van der Waals surface area contributed by atoms with Gasteiger partial charge in [-0.15, -0.1) is 0 Å². The second-order valence-electron chi connectivity index (χ2n) is 21.9. The third-order valence-electron chi connectivity index (χ3n) is 16.2. The first kappa shape index (κ1) is 62.6. The summed E-state index contributed by atoms with van der Waals surface area (Å²) in [5.74, 6) is -10.8. The van der Waals surface area contributed by atoms with Crippen LogP contribution in [0.4, 0.5) is 0 Å². The Hall–Kier alpha value is -3.98. The zero-order valence-corrected chi connectivity index (χ0v) is 45.6. The molecule has 0 radical (unpaired) electrons. The van der Waals surface area contributed by atoms with Gasteiger partial charge in [-0.3, -0.25) is 24.0 Å². The van der Waals surface area contributed by atoms with Crippen molar-refractivity contribution >= 4 is 35.2 Å². The van der Waals surface area contributed by atoms with Crippen molar-refractivity contribution in [3.63, 3.8) is 0 Å². The van der Waals surface area contributed by atoms with E-state index >= 15 is 0 Å². The maximum Gasteiger partial charge on any atom is 0.329 e. The van der Waals surface area contributed by atoms with E-state index in [1.165, 1.54) is 34.3 Å². The number of methoxy groups -OCH3 is 3. The average molecular weight is 1050 g/mol. The fourth-order valence-electron chi connectivity index (χ4n) is 10.6. The Labute approximate surface area is 437 Å². The molecular formula is C56H87NO17. The molecular weight excluding hydrogens is 959 g/mol. The monoisotopic (exact) mass is 1050 g/mol. The molecule has 5 N–H and O–H groups in total. The van der Waals surface area contributed by atoms with Gasteiger partial charge in [0.15, 0.2) is 5.78 Å². The largest absolute Gasteiger partial charge is 0.460 e. The highest BCUT2D eigenvalue weighted by Crippen LogP contribution is 2.38. The molecule has 0 spiro atoms. The van der Waals surface area contributed by atoms with Gasteiger partial charge >= 0.3 is 11.9 Å². The van der Waals surface area contributed by atoms with E-state index in [1.807, 2.05) is 19.9 Å². The number of carbonyl (C=O) groups excluding carboxylic acids is 6. The molecule has 418 valence electrons. The predicted octanol–water partition coefficient (Wildman–Crippen LogP) is 4.69. The molecule has 16 atom stereocenters. The fourth-order valence-corrected chi connectivity index (χ4v) is 10.6. The fraction of sp³-hybridized carbons (Fsp3) is 0.750. The Kier molecular flexibility index (Phi) is 24.0. The Morgan fingerprint density at radius 1 is 0.865 bits per heavy atom. The molecule has 2 unspecified atom stereocenters. The van der Waals surface area contributed by atoms with Crippen molar-refractivity contribution in [3.8, 4) is 0 Å². The van der Waals surface area contributed by atoms with Crippen molar-refractivity contribution < 1.29 is 82.7 Å². The number of fused-ring (bicyclic) bond motifs is 3. The summed E-state index contributed by atoms with van der Waals surface area (Å²) in [5.41, 5.74) is -0.422. The molecule has 3 aliphatic heterocycles. The van der Waals surface area contributed by atoms with Crippen LogP contribution in [0.5, 0.6) is 0 Å². The van der Waals surface area contributed by atoms with Crippen molar-refractivity contribution in [2.24, 2.45) is 40.9 Å². The molecule has 0 aromatic heterocycles. The Morgan fingerprint density at radius 2 is 1.55 bits per heavy atom. The molecule has 4 aliphatic rings. The number of esters is 2. The first-order valence-electron chi connectivity index (χ1n) is 26.5. The van der Waals surface area contributed by atoms with Gasteiger partial charge in [-0.25, -0.2) is 4.79 Å². The molecule has 74 heavy (non-hydrogen) atoms. The van der Waals surface area contributed by atoms with E-state index in [0.29, 0.717) is 51.4 Å². The minimum atomic E-state index is -2.49. The number of nitrogens with zero attached hydrogens (tertiary/aromatic N) is 1. The minimum absolute atomic E-state index is 0.0306. The lowest BCUT2D eigenvalue weighted by molar-refractivity contribution is -0.265. The number of amides is 1. The van der Waals surface area contributed by atoms with Gasteiger partial charge in [-0.05, 0) is 102 Å². The number of carbonyl (C=O) groups is 6. The summed E-state index contributed by atoms with van der Waals surface area (Å²) in [6.45, 7) is 12.1. The Balaban J connectivity index is 1.71. The van der Waals surface area contributed by atoms with Gasteiger partial charge in [0, 0.05) is 64.4 Å². The number of rotatable bonds is 10. The van der Waals surface area contributed by atoms with Crippen molar-refractivity contribution in [2.45, 2.75) is 187 Å². The van der Waals surface area contributed by atoms with Crippen LogP contribution in [-0.4, -0.2) is 167 Å². The van der Waals surface area contributed by atoms with Gasteiger partial charge < -0.3 is 58.9 Å². The maximum atomic E-state index is 14.5. The molecule has 1 saturated carbocycles. The number of hydrogen-bond donors (Lipinski definition) is 5. The zero-order chi connectivity index (χ0) is 55.2. The number of allylic oxidation sites excluding steroid dienone is 5. The first-order valence-corrected chi connectivity index (χ1v) is 26.5. The standard InChI is InChI=1S/C56H87NO17/c1-32-17-13-12-14-18-33(2)47(61)38(7)49(63)50(71-11)48(62)36(5)25-34(3)42(60)29-45(35(4)26-39-21-23-43(46(27-39)70-10)73-54(67)55(8,30-58)31-59)72-53(66)41-19-15-16-24-57(41)52(65)51(64)56(68)37(6)20-22-40(74-56)28-44(32)69-9/h12-14,17-18,25,33-35,37-41,43-48,50,58-59,61-62,68H,15-16,19-24,26-31H2,1-11H3/b13-12+,18-14+,32-17+,36-25+/t33-,34-,35-,37-,38-,39+,40?,41+,43-,44+,45+,46-,47?,48-,50-,56-/m1/s1. The molecule has 18 nitrogen and oxygen atoms in total. The number of ketones is 3. The van der Waals surface area contributed by atoms with Gasteiger partial charge in [-0.2, -0.15) is 0 Å². The van der Waals surface area contributed by atoms with Crippen LogP contribution in [0.2, 0.25) is 0 Å². The topological polar surface area (TPSA) is 262 Å².